The van der Waals surface area contributed by atoms with Crippen LogP contribution in [0.3, 0.4) is 0 Å². The van der Waals surface area contributed by atoms with Crippen molar-refractivity contribution in [3.05, 3.63) is 12.4 Å². The lowest BCUT2D eigenvalue weighted by Crippen LogP contribution is -2.15. The molecule has 100 valence electrons. The van der Waals surface area contributed by atoms with Gasteiger partial charge < -0.3 is 15.2 Å². The van der Waals surface area contributed by atoms with Crippen LogP contribution in [0.4, 0.5) is 5.82 Å². The molecule has 0 bridgehead atoms. The van der Waals surface area contributed by atoms with Crippen LogP contribution in [0, 0.1) is 5.92 Å². The van der Waals surface area contributed by atoms with Gasteiger partial charge in [-0.2, -0.15) is 0 Å². The summed E-state index contributed by atoms with van der Waals surface area (Å²) in [6.07, 6.45) is 2.48. The number of carbonyl (C=O) groups is 1. The highest BCUT2D eigenvalue weighted by molar-refractivity contribution is 5.67. The first-order valence-electron chi connectivity index (χ1n) is 6.02. The van der Waals surface area contributed by atoms with Crippen LogP contribution in [-0.2, 0) is 4.79 Å². The van der Waals surface area contributed by atoms with Gasteiger partial charge in [-0.15, -0.1) is 0 Å². The molecular weight excluding hydrogens is 234 g/mol. The Morgan fingerprint density at radius 3 is 3.00 bits per heavy atom. The van der Waals surface area contributed by atoms with Crippen LogP contribution in [-0.4, -0.2) is 34.2 Å². The number of carboxylic acids is 1. The average molecular weight is 253 g/mol. The van der Waals surface area contributed by atoms with Gasteiger partial charge in [0.25, 0.3) is 0 Å². The van der Waals surface area contributed by atoms with Crippen molar-refractivity contribution in [3.63, 3.8) is 0 Å². The Balaban J connectivity index is 2.44. The van der Waals surface area contributed by atoms with Crippen molar-refractivity contribution < 1.29 is 14.6 Å². The number of rotatable bonds is 8. The summed E-state index contributed by atoms with van der Waals surface area (Å²) < 4.78 is 5.38. The maximum Gasteiger partial charge on any atom is 0.303 e. The Morgan fingerprint density at radius 2 is 2.33 bits per heavy atom. The largest absolute Gasteiger partial charge is 0.481 e. The summed E-state index contributed by atoms with van der Waals surface area (Å²) in [6.45, 7) is 5.06. The minimum absolute atomic E-state index is 0.0393. The van der Waals surface area contributed by atoms with Crippen LogP contribution in [0.2, 0.25) is 0 Å². The lowest BCUT2D eigenvalue weighted by molar-refractivity contribution is -0.137. The molecule has 6 nitrogen and oxygen atoms in total. The van der Waals surface area contributed by atoms with Crippen LogP contribution in [0.15, 0.2) is 12.4 Å². The average Bonchev–Trinajstić information content (AvgIpc) is 2.33. The van der Waals surface area contributed by atoms with Crippen molar-refractivity contribution in [1.29, 1.82) is 0 Å². The standard InChI is InChI=1S/C12H19N3O3/c1-3-4-18-11-6-10(14-8-15-11)13-7-9(2)5-12(16)17/h6,8-9H,3-5,7H2,1-2H3,(H,16,17)(H,13,14,15). The number of hydrogen-bond acceptors (Lipinski definition) is 5. The first-order valence-corrected chi connectivity index (χ1v) is 6.02. The molecule has 0 saturated heterocycles. The van der Waals surface area contributed by atoms with Gasteiger partial charge in [-0.1, -0.05) is 13.8 Å². The number of nitrogens with zero attached hydrogens (tertiary/aromatic N) is 2. The molecule has 0 spiro atoms. The van der Waals surface area contributed by atoms with Gasteiger partial charge in [-0.25, -0.2) is 9.97 Å². The smallest absolute Gasteiger partial charge is 0.303 e. The van der Waals surface area contributed by atoms with E-state index in [-0.39, 0.29) is 12.3 Å². The summed E-state index contributed by atoms with van der Waals surface area (Å²) in [6, 6.07) is 1.71. The van der Waals surface area contributed by atoms with Gasteiger partial charge in [0.05, 0.1) is 6.61 Å². The zero-order valence-electron chi connectivity index (χ0n) is 10.7. The van der Waals surface area contributed by atoms with E-state index < -0.39 is 5.97 Å². The van der Waals surface area contributed by atoms with E-state index in [1.54, 1.807) is 6.07 Å². The second-order valence-corrected chi connectivity index (χ2v) is 4.17. The van der Waals surface area contributed by atoms with Gasteiger partial charge in [0.2, 0.25) is 5.88 Å². The molecule has 1 heterocycles. The molecule has 1 atom stereocenters. The van der Waals surface area contributed by atoms with Gasteiger partial charge in [0.15, 0.2) is 0 Å². The number of carboxylic acid groups (broad SMARTS) is 1. The second-order valence-electron chi connectivity index (χ2n) is 4.17. The number of hydrogen-bond donors (Lipinski definition) is 2. The Kier molecular flexibility index (Phi) is 5.90. The summed E-state index contributed by atoms with van der Waals surface area (Å²) in [5.74, 6) is 0.421. The van der Waals surface area contributed by atoms with Crippen LogP contribution in [0.5, 0.6) is 5.88 Å². The fraction of sp³-hybridized carbons (Fsp3) is 0.583. The summed E-state index contributed by atoms with van der Waals surface area (Å²) >= 11 is 0. The molecule has 0 aliphatic rings. The minimum Gasteiger partial charge on any atom is -0.481 e. The monoisotopic (exact) mass is 253 g/mol. The highest BCUT2D eigenvalue weighted by Crippen LogP contribution is 2.12. The van der Waals surface area contributed by atoms with Crippen LogP contribution >= 0.6 is 0 Å². The zero-order valence-corrected chi connectivity index (χ0v) is 10.7. The number of aliphatic carboxylic acids is 1. The number of anilines is 1. The van der Waals surface area contributed by atoms with Gasteiger partial charge in [-0.3, -0.25) is 4.79 Å². The van der Waals surface area contributed by atoms with Crippen molar-refractivity contribution in [2.45, 2.75) is 26.7 Å². The molecule has 1 unspecified atom stereocenters. The lowest BCUT2D eigenvalue weighted by atomic mass is 10.1. The highest BCUT2D eigenvalue weighted by atomic mass is 16.5. The van der Waals surface area contributed by atoms with E-state index in [4.69, 9.17) is 9.84 Å². The molecule has 0 aliphatic carbocycles. The van der Waals surface area contributed by atoms with E-state index in [1.165, 1.54) is 6.33 Å². The van der Waals surface area contributed by atoms with Gasteiger partial charge in [0, 0.05) is 19.0 Å². The Hall–Kier alpha value is -1.85. The van der Waals surface area contributed by atoms with Crippen molar-refractivity contribution >= 4 is 11.8 Å². The van der Waals surface area contributed by atoms with Crippen LogP contribution < -0.4 is 10.1 Å². The first kappa shape index (κ1) is 14.2. The zero-order chi connectivity index (χ0) is 13.4. The number of nitrogens with one attached hydrogen (secondary N) is 1. The van der Waals surface area contributed by atoms with Gasteiger partial charge in [0.1, 0.15) is 12.1 Å². The third kappa shape index (κ3) is 5.47. The molecule has 0 aliphatic heterocycles. The predicted octanol–water partition coefficient (Wildman–Crippen LogP) is 1.79. The molecule has 1 aromatic rings. The fourth-order valence-corrected chi connectivity index (χ4v) is 1.37. The lowest BCUT2D eigenvalue weighted by Gasteiger charge is -2.11. The Labute approximate surface area is 106 Å². The molecule has 0 radical (unpaired) electrons. The van der Waals surface area contributed by atoms with E-state index in [1.807, 2.05) is 13.8 Å². The van der Waals surface area contributed by atoms with Crippen molar-refractivity contribution in [2.75, 3.05) is 18.5 Å². The molecule has 0 aromatic carbocycles. The second kappa shape index (κ2) is 7.47. The number of aromatic nitrogens is 2. The third-order valence-corrected chi connectivity index (χ3v) is 2.25. The SMILES string of the molecule is CCCOc1cc(NCC(C)CC(=O)O)ncn1. The highest BCUT2D eigenvalue weighted by Gasteiger charge is 2.08. The van der Waals surface area contributed by atoms with E-state index in [0.29, 0.717) is 24.8 Å². The molecule has 1 rings (SSSR count). The van der Waals surface area contributed by atoms with Crippen LogP contribution in [0.25, 0.3) is 0 Å². The van der Waals surface area contributed by atoms with E-state index >= 15 is 0 Å². The quantitative estimate of drug-likeness (QED) is 0.734. The molecule has 6 heteroatoms. The molecule has 1 aromatic heterocycles. The molecule has 0 fully saturated rings. The first-order chi connectivity index (χ1) is 8.61. The summed E-state index contributed by atoms with van der Waals surface area (Å²) in [7, 11) is 0. The Bertz CT molecular complexity index is 385. The predicted molar refractivity (Wildman–Crippen MR) is 67.7 cm³/mol. The molecular formula is C12H19N3O3. The van der Waals surface area contributed by atoms with Crippen molar-refractivity contribution in [3.8, 4) is 5.88 Å². The van der Waals surface area contributed by atoms with Gasteiger partial charge >= 0.3 is 5.97 Å². The minimum atomic E-state index is -0.793. The third-order valence-electron chi connectivity index (χ3n) is 2.25. The summed E-state index contributed by atoms with van der Waals surface area (Å²) in [4.78, 5) is 18.6. The maximum atomic E-state index is 10.5. The van der Waals surface area contributed by atoms with E-state index in [0.717, 1.165) is 6.42 Å². The van der Waals surface area contributed by atoms with Crippen molar-refractivity contribution in [1.82, 2.24) is 9.97 Å². The maximum absolute atomic E-state index is 10.5. The van der Waals surface area contributed by atoms with Crippen molar-refractivity contribution in [2.24, 2.45) is 5.92 Å². The fourth-order valence-electron chi connectivity index (χ4n) is 1.37. The van der Waals surface area contributed by atoms with E-state index in [9.17, 15) is 4.79 Å². The van der Waals surface area contributed by atoms with E-state index in [2.05, 4.69) is 15.3 Å². The number of ether oxygens (including phenoxy) is 1. The molecule has 0 amide bonds. The summed E-state index contributed by atoms with van der Waals surface area (Å²) in [5, 5.41) is 11.7. The molecule has 2 N–H and O–H groups in total. The summed E-state index contributed by atoms with van der Waals surface area (Å²) in [5.41, 5.74) is 0. The normalized spacial score (nSPS) is 11.9. The Morgan fingerprint density at radius 1 is 1.56 bits per heavy atom. The van der Waals surface area contributed by atoms with Crippen LogP contribution in [0.1, 0.15) is 26.7 Å². The molecule has 0 saturated carbocycles. The molecule has 18 heavy (non-hydrogen) atoms. The van der Waals surface area contributed by atoms with Gasteiger partial charge in [-0.05, 0) is 12.3 Å². The topological polar surface area (TPSA) is 84.3 Å².